The van der Waals surface area contributed by atoms with Crippen molar-refractivity contribution in [1.29, 1.82) is 4.29 Å². The average Bonchev–Trinajstić information content (AvgIpc) is 2.43. The molecule has 0 saturated carbocycles. The predicted octanol–water partition coefficient (Wildman–Crippen LogP) is -0.429. The largest absolute Gasteiger partial charge is 0.528 e. The summed E-state index contributed by atoms with van der Waals surface area (Å²) in [5.74, 6) is 0.549. The molecule has 0 radical (unpaired) electrons. The maximum atomic E-state index is 6.89. The molecule has 16 heavy (non-hydrogen) atoms. The lowest BCUT2D eigenvalue weighted by Crippen LogP contribution is -2.48. The van der Waals surface area contributed by atoms with Gasteiger partial charge in [0, 0.05) is 11.8 Å². The molecule has 0 fully saturated rings. The van der Waals surface area contributed by atoms with E-state index in [2.05, 4.69) is 14.4 Å². The molecule has 6 heteroatoms. The molecule has 1 atom stereocenters. The Labute approximate surface area is 99.7 Å². The lowest BCUT2D eigenvalue weighted by atomic mass is 10.3. The van der Waals surface area contributed by atoms with Gasteiger partial charge in [-0.3, -0.25) is 0 Å². The van der Waals surface area contributed by atoms with Gasteiger partial charge in [0.05, 0.1) is 0 Å². The first-order chi connectivity index (χ1) is 9.11. The Morgan fingerprint density at radius 3 is 2.44 bits per heavy atom. The van der Waals surface area contributed by atoms with Crippen LogP contribution in [0.3, 0.4) is 0 Å². The van der Waals surface area contributed by atoms with Crippen molar-refractivity contribution in [2.75, 3.05) is 6.61 Å². The molecule has 3 N–H and O–H groups in total. The lowest BCUT2D eigenvalue weighted by Gasteiger charge is -2.15. The summed E-state index contributed by atoms with van der Waals surface area (Å²) >= 11 is 0. The molecule has 90 valence electrons. The van der Waals surface area contributed by atoms with Crippen molar-refractivity contribution >= 4 is 14.0 Å². The van der Waals surface area contributed by atoms with Crippen LogP contribution in [0, 0.1) is 0 Å². The smallest absolute Gasteiger partial charge is 0.465 e. The summed E-state index contributed by atoms with van der Waals surface area (Å²) in [6.07, 6.45) is -0.384. The summed E-state index contributed by atoms with van der Waals surface area (Å²) in [5, 5.41) is 0.323. The zero-order chi connectivity index (χ0) is 14.3. The molecule has 1 aromatic rings. The molecule has 0 saturated heterocycles. The van der Waals surface area contributed by atoms with E-state index in [1.165, 1.54) is 12.1 Å². The van der Waals surface area contributed by atoms with E-state index in [0.29, 0.717) is 17.5 Å². The summed E-state index contributed by atoms with van der Waals surface area (Å²) < 4.78 is 31.3. The number of ether oxygens (including phenoxy) is 2. The van der Waals surface area contributed by atoms with Crippen LogP contribution in [0.4, 0.5) is 0 Å². The van der Waals surface area contributed by atoms with Crippen molar-refractivity contribution in [3.63, 3.8) is 0 Å². The fourth-order valence-corrected chi connectivity index (χ4v) is 1.77. The van der Waals surface area contributed by atoms with Crippen LogP contribution >= 0.6 is 0 Å². The van der Waals surface area contributed by atoms with Crippen LogP contribution in [0.15, 0.2) is 24.3 Å². The van der Waals surface area contributed by atoms with Gasteiger partial charge in [-0.1, -0.05) is 12.1 Å². The van der Waals surface area contributed by atoms with Crippen molar-refractivity contribution in [2.45, 2.75) is 20.1 Å². The molecule has 0 heterocycles. The Bertz CT molecular complexity index is 366. The number of hydrogen-bond donors (Lipinski definition) is 3. The molecular formula is C10H16O5Si. The summed E-state index contributed by atoms with van der Waals surface area (Å²) in [6.45, 7) is 4.18. The van der Waals surface area contributed by atoms with Gasteiger partial charge in [0.2, 0.25) is 0 Å². The highest BCUT2D eigenvalue weighted by atomic mass is 28.4. The normalized spacial score (nSPS) is 16.0. The molecule has 1 aromatic carbocycles. The van der Waals surface area contributed by atoms with Gasteiger partial charge in [0.25, 0.3) is 0 Å². The van der Waals surface area contributed by atoms with E-state index < -0.39 is 8.80 Å². The van der Waals surface area contributed by atoms with Crippen molar-refractivity contribution in [3.8, 4) is 5.75 Å². The second-order valence-electron chi connectivity index (χ2n) is 3.22. The predicted molar refractivity (Wildman–Crippen MR) is 60.2 cm³/mol. The molecule has 0 amide bonds. The Hall–Kier alpha value is -0.923. The first-order valence-corrected chi connectivity index (χ1v) is 6.66. The van der Waals surface area contributed by atoms with Crippen LogP contribution in [-0.4, -0.2) is 40.4 Å². The second-order valence-corrected chi connectivity index (χ2v) is 4.91. The highest BCUT2D eigenvalue weighted by molar-refractivity contribution is 6.71. The van der Waals surface area contributed by atoms with Crippen LogP contribution in [0.5, 0.6) is 5.75 Å². The highest BCUT2D eigenvalue weighted by Gasteiger charge is 2.29. The fourth-order valence-electron chi connectivity index (χ4n) is 1.20. The van der Waals surface area contributed by atoms with Gasteiger partial charge in [-0.2, -0.15) is 0 Å². The molecule has 1 unspecified atom stereocenters. The number of hydrogen-bond acceptors (Lipinski definition) is 5. The SMILES string of the molecule is [3H]O[Si](O[3H])(O[3H])c1ccc(OC(C)OCC)cc1. The minimum atomic E-state index is -3.76. The van der Waals surface area contributed by atoms with Gasteiger partial charge in [-0.05, 0) is 26.0 Å². The molecule has 0 aliphatic rings. The summed E-state index contributed by atoms with van der Waals surface area (Å²) in [7, 11) is -3.76. The zero-order valence-electron chi connectivity index (χ0n) is 12.1. The molecule has 5 nitrogen and oxygen atoms in total. The van der Waals surface area contributed by atoms with E-state index in [4.69, 9.17) is 13.8 Å². The number of rotatable bonds is 8. The highest BCUT2D eigenvalue weighted by Crippen LogP contribution is 2.11. The topological polar surface area (TPSA) is 79.2 Å². The van der Waals surface area contributed by atoms with Crippen molar-refractivity contribution in [3.05, 3.63) is 24.3 Å². The van der Waals surface area contributed by atoms with E-state index >= 15 is 0 Å². The van der Waals surface area contributed by atoms with E-state index in [9.17, 15) is 0 Å². The Morgan fingerprint density at radius 1 is 1.31 bits per heavy atom. The van der Waals surface area contributed by atoms with Gasteiger partial charge >= 0.3 is 8.80 Å². The van der Waals surface area contributed by atoms with E-state index in [0.717, 1.165) is 0 Å². The van der Waals surface area contributed by atoms with Gasteiger partial charge < -0.3 is 23.9 Å². The van der Waals surface area contributed by atoms with Crippen LogP contribution in [-0.2, 0) is 4.74 Å². The molecule has 0 spiro atoms. The monoisotopic (exact) mass is 250 g/mol. The third-order valence-electron chi connectivity index (χ3n) is 1.91. The Kier molecular flexibility index (Phi) is 3.10. The van der Waals surface area contributed by atoms with Crippen LogP contribution < -0.4 is 9.92 Å². The maximum Gasteiger partial charge on any atom is 0.528 e. The third-order valence-corrected chi connectivity index (χ3v) is 2.95. The summed E-state index contributed by atoms with van der Waals surface area (Å²) in [5.41, 5.74) is 0. The van der Waals surface area contributed by atoms with E-state index in [-0.39, 0.29) is 6.29 Å². The van der Waals surface area contributed by atoms with Gasteiger partial charge in [-0.15, -0.1) is 0 Å². The molecule has 0 bridgehead atoms. The van der Waals surface area contributed by atoms with Crippen LogP contribution in [0.2, 0.25) is 0 Å². The van der Waals surface area contributed by atoms with E-state index in [1.54, 1.807) is 19.1 Å². The first-order valence-electron chi connectivity index (χ1n) is 6.16. The molecule has 0 aliphatic heterocycles. The minimum Gasteiger partial charge on any atom is -0.465 e. The molecule has 1 rings (SSSR count). The van der Waals surface area contributed by atoms with Crippen molar-refractivity contribution < 1.29 is 23.9 Å². The van der Waals surface area contributed by atoms with Gasteiger partial charge in [0.15, 0.2) is 10.6 Å². The Morgan fingerprint density at radius 2 is 1.94 bits per heavy atom. The zero-order valence-corrected chi connectivity index (χ0v) is 10.1. The lowest BCUT2D eigenvalue weighted by molar-refractivity contribution is -0.0613. The molecule has 0 aliphatic carbocycles. The third kappa shape index (κ3) is 3.91. The quantitative estimate of drug-likeness (QED) is 0.431. The van der Waals surface area contributed by atoms with E-state index in [1.807, 2.05) is 6.92 Å². The van der Waals surface area contributed by atoms with Gasteiger partial charge in [-0.25, -0.2) is 0 Å². The molecule has 0 aromatic heterocycles. The minimum absolute atomic E-state index is 0.323. The van der Waals surface area contributed by atoms with Crippen LogP contribution in [0.25, 0.3) is 0 Å². The van der Waals surface area contributed by atoms with Crippen molar-refractivity contribution in [1.82, 2.24) is 0 Å². The first kappa shape index (κ1) is 9.14. The Balaban J connectivity index is 2.80. The van der Waals surface area contributed by atoms with Crippen molar-refractivity contribution in [2.24, 2.45) is 0 Å². The second kappa shape index (κ2) is 5.42. The van der Waals surface area contributed by atoms with Crippen LogP contribution in [0.1, 0.15) is 13.8 Å². The number of benzene rings is 1. The molecular weight excluding hydrogens is 228 g/mol. The average molecular weight is 250 g/mol. The fraction of sp³-hybridized carbons (Fsp3) is 0.400. The summed E-state index contributed by atoms with van der Waals surface area (Å²) in [6, 6.07) is 6.25. The standard InChI is InChI=1S/C10H16O5Si/c1-3-14-8(2)15-9-4-6-10(7-5-9)16(11,12)13/h4-8,11-13H,3H2,1-2H3/i11T,12T,13T. The summed E-state index contributed by atoms with van der Waals surface area (Å²) in [4.78, 5) is 12.9. The van der Waals surface area contributed by atoms with Gasteiger partial charge in [0.1, 0.15) is 5.75 Å². The maximum absolute atomic E-state index is 6.89.